The minimum absolute atomic E-state index is 0.0663. The summed E-state index contributed by atoms with van der Waals surface area (Å²) in [6.07, 6.45) is 5.27. The van der Waals surface area contributed by atoms with Gasteiger partial charge in [-0.25, -0.2) is 0 Å². The Morgan fingerprint density at radius 1 is 1.42 bits per heavy atom. The van der Waals surface area contributed by atoms with Crippen LogP contribution in [-0.2, 0) is 16.0 Å². The predicted molar refractivity (Wildman–Crippen MR) is 106 cm³/mol. The molecule has 5 nitrogen and oxygen atoms in total. The van der Waals surface area contributed by atoms with Crippen LogP contribution in [0, 0.1) is 0 Å². The molecule has 138 valence electrons. The maximum Gasteiger partial charge on any atom is 0.303 e. The zero-order chi connectivity index (χ0) is 18.7. The number of rotatable bonds is 7. The fraction of sp³-hybridized carbons (Fsp3) is 0.421. The fourth-order valence-corrected chi connectivity index (χ4v) is 4.41. The van der Waals surface area contributed by atoms with E-state index in [9.17, 15) is 9.59 Å². The number of carbonyl (C=O) groups is 2. The molecule has 1 aromatic rings. The van der Waals surface area contributed by atoms with Crippen LogP contribution < -0.4 is 4.74 Å². The molecular formula is C19H21NO4S2. The molecule has 2 aliphatic rings. The van der Waals surface area contributed by atoms with E-state index in [1.165, 1.54) is 17.3 Å². The first-order valence-corrected chi connectivity index (χ1v) is 9.93. The lowest BCUT2D eigenvalue weighted by atomic mass is 10.1. The van der Waals surface area contributed by atoms with Crippen LogP contribution in [0.2, 0.25) is 0 Å². The number of amides is 1. The van der Waals surface area contributed by atoms with Gasteiger partial charge in [-0.1, -0.05) is 36.5 Å². The van der Waals surface area contributed by atoms with Crippen molar-refractivity contribution in [2.75, 3.05) is 6.54 Å². The van der Waals surface area contributed by atoms with Gasteiger partial charge < -0.3 is 9.84 Å². The number of carboxylic acids is 1. The van der Waals surface area contributed by atoms with Crippen LogP contribution in [0.4, 0.5) is 0 Å². The number of aliphatic carboxylic acids is 1. The van der Waals surface area contributed by atoms with Crippen molar-refractivity contribution < 1.29 is 19.4 Å². The molecule has 0 aromatic heterocycles. The van der Waals surface area contributed by atoms with Crippen LogP contribution >= 0.6 is 24.0 Å². The molecule has 1 N–H and O–H groups in total. The number of carboxylic acid groups (broad SMARTS) is 1. The van der Waals surface area contributed by atoms with Crippen molar-refractivity contribution >= 4 is 46.3 Å². The third-order valence-electron chi connectivity index (χ3n) is 4.36. The lowest BCUT2D eigenvalue weighted by Gasteiger charge is -2.13. The van der Waals surface area contributed by atoms with E-state index in [1.54, 1.807) is 4.90 Å². The number of ether oxygens (including phenoxy) is 1. The Kier molecular flexibility index (Phi) is 5.98. The van der Waals surface area contributed by atoms with Crippen molar-refractivity contribution in [3.63, 3.8) is 0 Å². The zero-order valence-corrected chi connectivity index (χ0v) is 16.2. The number of nitrogens with zero attached hydrogens (tertiary/aromatic N) is 1. The topological polar surface area (TPSA) is 66.8 Å². The highest BCUT2D eigenvalue weighted by atomic mass is 32.2. The van der Waals surface area contributed by atoms with E-state index in [0.717, 1.165) is 30.6 Å². The molecule has 1 amide bonds. The number of fused-ring (bicyclic) bond motifs is 1. The molecule has 26 heavy (non-hydrogen) atoms. The monoisotopic (exact) mass is 391 g/mol. The van der Waals surface area contributed by atoms with Gasteiger partial charge in [0.2, 0.25) is 0 Å². The summed E-state index contributed by atoms with van der Waals surface area (Å²) in [5.41, 5.74) is 2.14. The molecular weight excluding hydrogens is 370 g/mol. The first-order chi connectivity index (χ1) is 12.4. The third-order valence-corrected chi connectivity index (χ3v) is 5.74. The second-order valence-electron chi connectivity index (χ2n) is 6.54. The number of hydrogen-bond donors (Lipinski definition) is 1. The quantitative estimate of drug-likeness (QED) is 0.433. The highest BCUT2D eigenvalue weighted by Crippen LogP contribution is 2.35. The highest BCUT2D eigenvalue weighted by molar-refractivity contribution is 8.26. The summed E-state index contributed by atoms with van der Waals surface area (Å²) >= 11 is 6.66. The van der Waals surface area contributed by atoms with Crippen molar-refractivity contribution in [3.8, 4) is 5.75 Å². The van der Waals surface area contributed by atoms with E-state index in [0.29, 0.717) is 22.2 Å². The lowest BCUT2D eigenvalue weighted by Crippen LogP contribution is -2.29. The summed E-state index contributed by atoms with van der Waals surface area (Å²) in [6, 6.07) is 5.97. The van der Waals surface area contributed by atoms with Gasteiger partial charge >= 0.3 is 5.97 Å². The third kappa shape index (κ3) is 4.45. The maximum absolute atomic E-state index is 12.6. The van der Waals surface area contributed by atoms with Crippen molar-refractivity contribution in [2.24, 2.45) is 0 Å². The van der Waals surface area contributed by atoms with E-state index < -0.39 is 5.97 Å². The molecule has 1 unspecified atom stereocenters. The van der Waals surface area contributed by atoms with Crippen molar-refractivity contribution in [3.05, 3.63) is 34.2 Å². The number of thioether (sulfide) groups is 1. The van der Waals surface area contributed by atoms with Crippen LogP contribution in [0.1, 0.15) is 43.7 Å². The summed E-state index contributed by atoms with van der Waals surface area (Å²) in [5, 5.41) is 8.65. The Hall–Kier alpha value is -1.86. The predicted octanol–water partition coefficient (Wildman–Crippen LogP) is 3.86. The molecule has 3 rings (SSSR count). The molecule has 2 aliphatic heterocycles. The standard InChI is InChI=1S/C19H21NO4S2/c1-12-9-14-10-13(6-7-15(14)24-12)11-16-18(23)20(19(25)26-16)8-4-2-3-5-17(21)22/h6-7,10-12H,2-5,8-9H2,1H3,(H,21,22). The van der Waals surface area contributed by atoms with Crippen molar-refractivity contribution in [2.45, 2.75) is 45.1 Å². The number of unbranched alkanes of at least 4 members (excludes halogenated alkanes) is 2. The first kappa shape index (κ1) is 18.9. The average molecular weight is 392 g/mol. The average Bonchev–Trinajstić information content (AvgIpc) is 3.07. The van der Waals surface area contributed by atoms with Crippen molar-refractivity contribution in [1.29, 1.82) is 0 Å². The van der Waals surface area contributed by atoms with Gasteiger partial charge in [0.05, 0.1) is 4.91 Å². The van der Waals surface area contributed by atoms with Crippen LogP contribution in [0.25, 0.3) is 6.08 Å². The SMILES string of the molecule is CC1Cc2cc(C=C3SC(=S)N(CCCCCC(=O)O)C3=O)ccc2O1. The molecule has 0 saturated carbocycles. The van der Waals surface area contributed by atoms with Gasteiger partial charge in [-0.2, -0.15) is 0 Å². The summed E-state index contributed by atoms with van der Waals surface area (Å²) in [4.78, 5) is 25.4. The number of thiocarbonyl (C=S) groups is 1. The molecule has 7 heteroatoms. The molecule has 1 atom stereocenters. The van der Waals surface area contributed by atoms with E-state index >= 15 is 0 Å². The molecule has 1 fully saturated rings. The van der Waals surface area contributed by atoms with Crippen LogP contribution in [0.3, 0.4) is 0 Å². The Bertz CT molecular complexity index is 775. The first-order valence-electron chi connectivity index (χ1n) is 8.71. The van der Waals surface area contributed by atoms with Crippen molar-refractivity contribution in [1.82, 2.24) is 4.90 Å². The van der Waals surface area contributed by atoms with Crippen LogP contribution in [0.5, 0.6) is 5.75 Å². The number of carbonyl (C=O) groups excluding carboxylic acids is 1. The van der Waals surface area contributed by atoms with Gasteiger partial charge in [0, 0.05) is 19.4 Å². The molecule has 2 heterocycles. The highest BCUT2D eigenvalue weighted by Gasteiger charge is 2.31. The van der Waals surface area contributed by atoms with Gasteiger partial charge in [0.15, 0.2) is 0 Å². The zero-order valence-electron chi connectivity index (χ0n) is 14.6. The minimum atomic E-state index is -0.785. The fourth-order valence-electron chi connectivity index (χ4n) is 3.10. The summed E-state index contributed by atoms with van der Waals surface area (Å²) in [7, 11) is 0. The Morgan fingerprint density at radius 3 is 3.00 bits per heavy atom. The number of hydrogen-bond acceptors (Lipinski definition) is 5. The Labute approximate surface area is 162 Å². The Morgan fingerprint density at radius 2 is 2.23 bits per heavy atom. The van der Waals surface area contributed by atoms with E-state index in [1.807, 2.05) is 25.1 Å². The van der Waals surface area contributed by atoms with Crippen LogP contribution in [-0.4, -0.2) is 38.9 Å². The molecule has 0 aliphatic carbocycles. The molecule has 0 spiro atoms. The molecule has 0 bridgehead atoms. The second kappa shape index (κ2) is 8.22. The second-order valence-corrected chi connectivity index (χ2v) is 8.21. The molecule has 0 radical (unpaired) electrons. The smallest absolute Gasteiger partial charge is 0.303 e. The molecule has 1 aromatic carbocycles. The van der Waals surface area contributed by atoms with Gasteiger partial charge in [0.1, 0.15) is 16.2 Å². The van der Waals surface area contributed by atoms with Gasteiger partial charge in [-0.05, 0) is 49.1 Å². The van der Waals surface area contributed by atoms with E-state index in [4.69, 9.17) is 22.1 Å². The minimum Gasteiger partial charge on any atom is -0.490 e. The number of benzene rings is 1. The maximum atomic E-state index is 12.6. The molecule has 1 saturated heterocycles. The normalized spacial score (nSPS) is 20.6. The van der Waals surface area contributed by atoms with E-state index in [-0.39, 0.29) is 18.4 Å². The van der Waals surface area contributed by atoms with Crippen LogP contribution in [0.15, 0.2) is 23.1 Å². The van der Waals surface area contributed by atoms with E-state index in [2.05, 4.69) is 6.07 Å². The largest absolute Gasteiger partial charge is 0.490 e. The van der Waals surface area contributed by atoms with Gasteiger partial charge in [-0.15, -0.1) is 0 Å². The van der Waals surface area contributed by atoms with Gasteiger partial charge in [0.25, 0.3) is 5.91 Å². The van der Waals surface area contributed by atoms with Gasteiger partial charge in [-0.3, -0.25) is 14.5 Å². The Balaban J connectivity index is 1.60. The summed E-state index contributed by atoms with van der Waals surface area (Å²) in [6.45, 7) is 2.58. The summed E-state index contributed by atoms with van der Waals surface area (Å²) < 4.78 is 6.27. The summed E-state index contributed by atoms with van der Waals surface area (Å²) in [5.74, 6) is 0.0691. The lowest BCUT2D eigenvalue weighted by molar-refractivity contribution is -0.137.